The van der Waals surface area contributed by atoms with Gasteiger partial charge in [0.05, 0.1) is 28.8 Å². The van der Waals surface area contributed by atoms with Gasteiger partial charge in [0.25, 0.3) is 5.91 Å². The lowest BCUT2D eigenvalue weighted by atomic mass is 10.1. The van der Waals surface area contributed by atoms with E-state index in [4.69, 9.17) is 5.73 Å². The van der Waals surface area contributed by atoms with E-state index in [0.29, 0.717) is 17.9 Å². The van der Waals surface area contributed by atoms with Crippen LogP contribution in [-0.2, 0) is 0 Å². The van der Waals surface area contributed by atoms with E-state index in [1.54, 1.807) is 12.3 Å². The predicted octanol–water partition coefficient (Wildman–Crippen LogP) is 3.74. The van der Waals surface area contributed by atoms with Crippen molar-refractivity contribution in [2.24, 2.45) is 5.73 Å². The number of carbonyl (C=O) groups excluding carboxylic acids is 1. The van der Waals surface area contributed by atoms with Crippen LogP contribution in [0, 0.1) is 17.5 Å². The molecular formula is C22H20F3N5O. The summed E-state index contributed by atoms with van der Waals surface area (Å²) in [6, 6.07) is 7.17. The molecule has 2 aromatic heterocycles. The summed E-state index contributed by atoms with van der Waals surface area (Å²) in [7, 11) is 0. The normalized spacial score (nSPS) is 16.3. The van der Waals surface area contributed by atoms with E-state index in [9.17, 15) is 18.0 Å². The number of aromatic nitrogens is 2. The second-order valence-corrected chi connectivity index (χ2v) is 7.32. The summed E-state index contributed by atoms with van der Waals surface area (Å²) >= 11 is 0. The number of nitrogens with two attached hydrogens (primary N) is 1. The van der Waals surface area contributed by atoms with Crippen molar-refractivity contribution < 1.29 is 18.0 Å². The maximum absolute atomic E-state index is 14.4. The topological polar surface area (TPSA) is 84.1 Å². The summed E-state index contributed by atoms with van der Waals surface area (Å²) in [6.07, 6.45) is 4.86. The van der Waals surface area contributed by atoms with Crippen LogP contribution in [0.1, 0.15) is 23.3 Å². The zero-order chi connectivity index (χ0) is 22.0. The Morgan fingerprint density at radius 2 is 1.87 bits per heavy atom. The molecule has 1 aliphatic heterocycles. The second kappa shape index (κ2) is 8.73. The maximum Gasteiger partial charge on any atom is 0.277 e. The van der Waals surface area contributed by atoms with Crippen LogP contribution in [0.3, 0.4) is 0 Å². The van der Waals surface area contributed by atoms with Gasteiger partial charge in [0.15, 0.2) is 11.5 Å². The minimum atomic E-state index is -0.913. The molecule has 31 heavy (non-hydrogen) atoms. The Hall–Kier alpha value is -3.46. The lowest BCUT2D eigenvalue weighted by molar-refractivity contribution is 0.101. The summed E-state index contributed by atoms with van der Waals surface area (Å²) in [4.78, 5) is 22.8. The molecular weight excluding hydrogens is 407 g/mol. The van der Waals surface area contributed by atoms with Crippen LogP contribution in [0.25, 0.3) is 11.3 Å². The molecule has 9 heteroatoms. The largest absolute Gasteiger partial charge is 0.368 e. The van der Waals surface area contributed by atoms with Gasteiger partial charge in [-0.1, -0.05) is 6.07 Å². The number of carbonyl (C=O) groups is 1. The highest BCUT2D eigenvalue weighted by atomic mass is 19.1. The average molecular weight is 427 g/mol. The van der Waals surface area contributed by atoms with E-state index in [1.807, 2.05) is 4.90 Å². The van der Waals surface area contributed by atoms with Gasteiger partial charge in [-0.15, -0.1) is 0 Å². The molecule has 0 unspecified atom stereocenters. The lowest BCUT2D eigenvalue weighted by Crippen LogP contribution is -2.43. The summed E-state index contributed by atoms with van der Waals surface area (Å²) in [5.41, 5.74) is 5.93. The van der Waals surface area contributed by atoms with Crippen LogP contribution in [0.4, 0.5) is 24.5 Å². The molecule has 160 valence electrons. The van der Waals surface area contributed by atoms with Gasteiger partial charge in [0, 0.05) is 25.3 Å². The fourth-order valence-electron chi connectivity index (χ4n) is 3.65. The standard InChI is InChI=1S/C22H20F3N5O/c23-14-4-1-5-15(24)20(14)17-7-6-16(25)21(28-17)22(31)29-18-11-27-9-8-19(18)30-10-2-3-13(26)12-30/h1,4-9,11,13H,2-3,10,12,26H2,(H,29,31)/t13-/m0/s1. The number of nitrogens with one attached hydrogen (secondary N) is 1. The number of halogens is 3. The third kappa shape index (κ3) is 4.36. The SMILES string of the molecule is N[C@H]1CCCN(c2ccncc2NC(=O)c2nc(-c3c(F)cccc3F)ccc2F)C1. The van der Waals surface area contributed by atoms with Crippen molar-refractivity contribution >= 4 is 17.3 Å². The third-order valence-electron chi connectivity index (χ3n) is 5.12. The van der Waals surface area contributed by atoms with Crippen molar-refractivity contribution in [1.29, 1.82) is 0 Å². The molecule has 1 saturated heterocycles. The molecule has 0 spiro atoms. The van der Waals surface area contributed by atoms with Crippen LogP contribution in [-0.4, -0.2) is 35.0 Å². The van der Waals surface area contributed by atoms with Crippen molar-refractivity contribution in [3.63, 3.8) is 0 Å². The smallest absolute Gasteiger partial charge is 0.277 e. The Morgan fingerprint density at radius 3 is 2.61 bits per heavy atom. The van der Waals surface area contributed by atoms with Gasteiger partial charge >= 0.3 is 0 Å². The van der Waals surface area contributed by atoms with Gasteiger partial charge in [-0.3, -0.25) is 9.78 Å². The average Bonchev–Trinajstić information content (AvgIpc) is 2.75. The van der Waals surface area contributed by atoms with E-state index >= 15 is 0 Å². The molecule has 0 saturated carbocycles. The van der Waals surface area contributed by atoms with Gasteiger partial charge < -0.3 is 16.0 Å². The quantitative estimate of drug-likeness (QED) is 0.663. The number of pyridine rings is 2. The van der Waals surface area contributed by atoms with E-state index in [-0.39, 0.29) is 11.7 Å². The molecule has 1 atom stereocenters. The molecule has 4 rings (SSSR count). The number of benzene rings is 1. The maximum atomic E-state index is 14.4. The molecule has 3 heterocycles. The first-order valence-corrected chi connectivity index (χ1v) is 9.81. The Balaban J connectivity index is 1.65. The van der Waals surface area contributed by atoms with E-state index < -0.39 is 34.6 Å². The molecule has 1 aromatic carbocycles. The zero-order valence-corrected chi connectivity index (χ0v) is 16.5. The van der Waals surface area contributed by atoms with Crippen LogP contribution in [0.2, 0.25) is 0 Å². The first kappa shape index (κ1) is 20.8. The molecule has 3 aromatic rings. The minimum Gasteiger partial charge on any atom is -0.368 e. The summed E-state index contributed by atoms with van der Waals surface area (Å²) in [5.74, 6) is -3.49. The highest BCUT2D eigenvalue weighted by Crippen LogP contribution is 2.29. The molecule has 1 aliphatic rings. The molecule has 0 aliphatic carbocycles. The monoisotopic (exact) mass is 427 g/mol. The van der Waals surface area contributed by atoms with Gasteiger partial charge in [-0.25, -0.2) is 18.2 Å². The van der Waals surface area contributed by atoms with Crippen molar-refractivity contribution in [2.45, 2.75) is 18.9 Å². The van der Waals surface area contributed by atoms with Crippen LogP contribution < -0.4 is 16.0 Å². The fraction of sp³-hybridized carbons (Fsp3) is 0.227. The number of amides is 1. The molecule has 0 bridgehead atoms. The number of rotatable bonds is 4. The number of hydrogen-bond acceptors (Lipinski definition) is 5. The first-order valence-electron chi connectivity index (χ1n) is 9.81. The van der Waals surface area contributed by atoms with Crippen molar-refractivity contribution in [1.82, 2.24) is 9.97 Å². The van der Waals surface area contributed by atoms with Gasteiger partial charge in [-0.2, -0.15) is 0 Å². The highest BCUT2D eigenvalue weighted by Gasteiger charge is 2.23. The van der Waals surface area contributed by atoms with Gasteiger partial charge in [0.1, 0.15) is 11.6 Å². The van der Waals surface area contributed by atoms with Gasteiger partial charge in [0.2, 0.25) is 0 Å². The van der Waals surface area contributed by atoms with Crippen LogP contribution in [0.15, 0.2) is 48.8 Å². The van der Waals surface area contributed by atoms with Crippen molar-refractivity contribution in [3.05, 3.63) is 71.9 Å². The fourth-order valence-corrected chi connectivity index (χ4v) is 3.65. The Bertz CT molecular complexity index is 1100. The predicted molar refractivity (Wildman–Crippen MR) is 111 cm³/mol. The Labute approximate surface area is 176 Å². The second-order valence-electron chi connectivity index (χ2n) is 7.32. The third-order valence-corrected chi connectivity index (χ3v) is 5.12. The van der Waals surface area contributed by atoms with Crippen molar-refractivity contribution in [3.8, 4) is 11.3 Å². The molecule has 3 N–H and O–H groups in total. The number of hydrogen-bond donors (Lipinski definition) is 2. The highest BCUT2D eigenvalue weighted by molar-refractivity contribution is 6.05. The zero-order valence-electron chi connectivity index (χ0n) is 16.5. The number of anilines is 2. The molecule has 0 radical (unpaired) electrons. The van der Waals surface area contributed by atoms with E-state index in [1.165, 1.54) is 12.3 Å². The lowest BCUT2D eigenvalue weighted by Gasteiger charge is -2.33. The summed E-state index contributed by atoms with van der Waals surface area (Å²) in [6.45, 7) is 1.37. The number of nitrogens with zero attached hydrogens (tertiary/aromatic N) is 3. The van der Waals surface area contributed by atoms with Gasteiger partial charge in [-0.05, 0) is 43.2 Å². The minimum absolute atomic E-state index is 0.0110. The summed E-state index contributed by atoms with van der Waals surface area (Å²) < 4.78 is 42.6. The first-order chi connectivity index (χ1) is 14.9. The molecule has 1 fully saturated rings. The van der Waals surface area contributed by atoms with Crippen LogP contribution >= 0.6 is 0 Å². The molecule has 1 amide bonds. The van der Waals surface area contributed by atoms with E-state index in [0.717, 1.165) is 43.7 Å². The Kier molecular flexibility index (Phi) is 5.85. The Morgan fingerprint density at radius 1 is 1.10 bits per heavy atom. The van der Waals surface area contributed by atoms with E-state index in [2.05, 4.69) is 15.3 Å². The summed E-state index contributed by atoms with van der Waals surface area (Å²) in [5, 5.41) is 2.61. The van der Waals surface area contributed by atoms with Crippen LogP contribution in [0.5, 0.6) is 0 Å². The number of piperidine rings is 1. The molecule has 6 nitrogen and oxygen atoms in total. The van der Waals surface area contributed by atoms with Crippen molar-refractivity contribution in [2.75, 3.05) is 23.3 Å².